The third-order valence-electron chi connectivity index (χ3n) is 5.39. The second-order valence-electron chi connectivity index (χ2n) is 7.35. The Balaban J connectivity index is 1.53. The van der Waals surface area contributed by atoms with Crippen LogP contribution in [0.2, 0.25) is 0 Å². The van der Waals surface area contributed by atoms with Gasteiger partial charge in [-0.1, -0.05) is 47.3 Å². The second kappa shape index (κ2) is 9.99. The SMILES string of the molecule is CCN(CC)c1ccc(-c2nnc(SC(C)c3nc(-c4ccccc4)no3)n2CC)cc1. The van der Waals surface area contributed by atoms with Crippen molar-refractivity contribution in [1.29, 1.82) is 0 Å². The fourth-order valence-electron chi connectivity index (χ4n) is 3.60. The minimum Gasteiger partial charge on any atom is -0.372 e. The van der Waals surface area contributed by atoms with Crippen molar-refractivity contribution in [3.63, 3.8) is 0 Å². The van der Waals surface area contributed by atoms with Crippen LogP contribution in [0.3, 0.4) is 0 Å². The average Bonchev–Trinajstić information content (AvgIpc) is 3.48. The molecule has 4 rings (SSSR count). The van der Waals surface area contributed by atoms with E-state index in [1.807, 2.05) is 37.3 Å². The molecule has 0 fully saturated rings. The van der Waals surface area contributed by atoms with Crippen LogP contribution in [0.4, 0.5) is 5.69 Å². The Morgan fingerprint density at radius 3 is 2.31 bits per heavy atom. The highest BCUT2D eigenvalue weighted by Crippen LogP contribution is 2.35. The molecule has 166 valence electrons. The van der Waals surface area contributed by atoms with E-state index in [1.54, 1.807) is 11.8 Å². The average molecular weight is 449 g/mol. The molecule has 1 atom stereocenters. The maximum Gasteiger partial charge on any atom is 0.240 e. The summed E-state index contributed by atoms with van der Waals surface area (Å²) in [5.41, 5.74) is 3.21. The summed E-state index contributed by atoms with van der Waals surface area (Å²) in [6, 6.07) is 18.4. The highest BCUT2D eigenvalue weighted by Gasteiger charge is 2.21. The van der Waals surface area contributed by atoms with Crippen LogP contribution in [0, 0.1) is 0 Å². The highest BCUT2D eigenvalue weighted by molar-refractivity contribution is 7.99. The van der Waals surface area contributed by atoms with Crippen molar-refractivity contribution in [2.24, 2.45) is 0 Å². The van der Waals surface area contributed by atoms with Gasteiger partial charge in [0, 0.05) is 36.4 Å². The molecule has 0 aliphatic carbocycles. The van der Waals surface area contributed by atoms with Gasteiger partial charge in [0.25, 0.3) is 0 Å². The van der Waals surface area contributed by atoms with Crippen molar-refractivity contribution >= 4 is 17.4 Å². The zero-order valence-electron chi connectivity index (χ0n) is 18.9. The summed E-state index contributed by atoms with van der Waals surface area (Å²) in [6.45, 7) is 11.2. The Bertz CT molecular complexity index is 1140. The lowest BCUT2D eigenvalue weighted by atomic mass is 10.2. The lowest BCUT2D eigenvalue weighted by molar-refractivity contribution is 0.380. The molecule has 8 heteroatoms. The zero-order valence-corrected chi connectivity index (χ0v) is 19.7. The number of benzene rings is 2. The van der Waals surface area contributed by atoms with Crippen LogP contribution >= 0.6 is 11.8 Å². The predicted molar refractivity (Wildman–Crippen MR) is 129 cm³/mol. The molecule has 2 aromatic carbocycles. The van der Waals surface area contributed by atoms with Crippen molar-refractivity contribution in [2.45, 2.75) is 44.6 Å². The first-order valence-corrected chi connectivity index (χ1v) is 11.9. The summed E-state index contributed by atoms with van der Waals surface area (Å²) in [7, 11) is 0. The molecule has 0 bridgehead atoms. The van der Waals surface area contributed by atoms with Gasteiger partial charge in [0.1, 0.15) is 0 Å². The van der Waals surface area contributed by atoms with Crippen LogP contribution in [0.15, 0.2) is 64.3 Å². The lowest BCUT2D eigenvalue weighted by Crippen LogP contribution is -2.21. The zero-order chi connectivity index (χ0) is 22.5. The van der Waals surface area contributed by atoms with E-state index in [-0.39, 0.29) is 5.25 Å². The van der Waals surface area contributed by atoms with E-state index in [4.69, 9.17) is 4.52 Å². The monoisotopic (exact) mass is 448 g/mol. The van der Waals surface area contributed by atoms with Gasteiger partial charge in [-0.2, -0.15) is 4.98 Å². The van der Waals surface area contributed by atoms with E-state index in [1.165, 1.54) is 5.69 Å². The summed E-state index contributed by atoms with van der Waals surface area (Å²) in [6.07, 6.45) is 0. The Hall–Kier alpha value is -3.13. The van der Waals surface area contributed by atoms with Crippen LogP contribution in [0.25, 0.3) is 22.8 Å². The maximum atomic E-state index is 5.53. The van der Waals surface area contributed by atoms with Crippen LogP contribution < -0.4 is 4.90 Å². The number of aromatic nitrogens is 5. The van der Waals surface area contributed by atoms with Crippen molar-refractivity contribution in [3.05, 3.63) is 60.5 Å². The van der Waals surface area contributed by atoms with Gasteiger partial charge in [-0.05, 0) is 52.0 Å². The van der Waals surface area contributed by atoms with E-state index >= 15 is 0 Å². The molecule has 2 aromatic heterocycles. The van der Waals surface area contributed by atoms with Gasteiger partial charge in [0.2, 0.25) is 11.7 Å². The van der Waals surface area contributed by atoms with Crippen molar-refractivity contribution in [3.8, 4) is 22.8 Å². The van der Waals surface area contributed by atoms with Crippen LogP contribution in [0.5, 0.6) is 0 Å². The van der Waals surface area contributed by atoms with Crippen LogP contribution in [-0.2, 0) is 6.54 Å². The van der Waals surface area contributed by atoms with Gasteiger partial charge < -0.3 is 14.0 Å². The summed E-state index contributed by atoms with van der Waals surface area (Å²) in [5, 5.41) is 13.9. The van der Waals surface area contributed by atoms with Gasteiger partial charge in [-0.25, -0.2) is 0 Å². The van der Waals surface area contributed by atoms with Gasteiger partial charge in [0.05, 0.1) is 5.25 Å². The third kappa shape index (κ3) is 4.55. The Kier molecular flexibility index (Phi) is 6.90. The second-order valence-corrected chi connectivity index (χ2v) is 8.66. The molecular formula is C24H28N6OS. The normalized spacial score (nSPS) is 12.1. The number of hydrogen-bond donors (Lipinski definition) is 0. The van der Waals surface area contributed by atoms with E-state index < -0.39 is 0 Å². The van der Waals surface area contributed by atoms with E-state index in [2.05, 4.69) is 74.8 Å². The molecule has 7 nitrogen and oxygen atoms in total. The molecule has 0 aliphatic heterocycles. The van der Waals surface area contributed by atoms with Crippen molar-refractivity contribution < 1.29 is 4.52 Å². The molecule has 0 amide bonds. The Labute approximate surface area is 192 Å². The summed E-state index contributed by atoms with van der Waals surface area (Å²) >= 11 is 1.57. The predicted octanol–water partition coefficient (Wildman–Crippen LogP) is 5.71. The quantitative estimate of drug-likeness (QED) is 0.303. The molecule has 0 aliphatic rings. The number of anilines is 1. The van der Waals surface area contributed by atoms with Gasteiger partial charge in [-0.15, -0.1) is 10.2 Å². The largest absolute Gasteiger partial charge is 0.372 e. The minimum atomic E-state index is -0.0487. The minimum absolute atomic E-state index is 0.0487. The first kappa shape index (κ1) is 22.1. The fourth-order valence-corrected chi connectivity index (χ4v) is 4.54. The Morgan fingerprint density at radius 2 is 1.66 bits per heavy atom. The molecule has 0 N–H and O–H groups in total. The summed E-state index contributed by atoms with van der Waals surface area (Å²) in [5.74, 6) is 2.03. The van der Waals surface area contributed by atoms with Gasteiger partial charge >= 0.3 is 0 Å². The van der Waals surface area contributed by atoms with Crippen molar-refractivity contribution in [1.82, 2.24) is 24.9 Å². The van der Waals surface area contributed by atoms with E-state index in [9.17, 15) is 0 Å². The summed E-state index contributed by atoms with van der Waals surface area (Å²) < 4.78 is 7.66. The molecule has 2 heterocycles. The molecule has 1 unspecified atom stereocenters. The molecule has 0 saturated carbocycles. The van der Waals surface area contributed by atoms with E-state index in [0.29, 0.717) is 11.7 Å². The Morgan fingerprint density at radius 1 is 0.938 bits per heavy atom. The fraction of sp³-hybridized carbons (Fsp3) is 0.333. The number of nitrogens with zero attached hydrogens (tertiary/aromatic N) is 6. The van der Waals surface area contributed by atoms with Crippen molar-refractivity contribution in [2.75, 3.05) is 18.0 Å². The standard InChI is InChI=1S/C24H28N6OS/c1-5-29(6-2)20-15-13-19(14-16-20)22-26-27-24(30(22)7-3)32-17(4)23-25-21(28-31-23)18-11-9-8-10-12-18/h8-17H,5-7H2,1-4H3. The van der Waals surface area contributed by atoms with Crippen LogP contribution in [0.1, 0.15) is 38.8 Å². The molecule has 0 spiro atoms. The molecule has 0 saturated heterocycles. The number of hydrogen-bond acceptors (Lipinski definition) is 7. The third-order valence-corrected chi connectivity index (χ3v) is 6.46. The molecule has 4 aromatic rings. The van der Waals surface area contributed by atoms with Gasteiger partial charge in [0.15, 0.2) is 11.0 Å². The first-order valence-electron chi connectivity index (χ1n) is 11.0. The van der Waals surface area contributed by atoms with E-state index in [0.717, 1.165) is 41.7 Å². The maximum absolute atomic E-state index is 5.53. The smallest absolute Gasteiger partial charge is 0.240 e. The number of thioether (sulfide) groups is 1. The first-order chi connectivity index (χ1) is 15.6. The lowest BCUT2D eigenvalue weighted by Gasteiger charge is -2.21. The topological polar surface area (TPSA) is 72.9 Å². The molecule has 0 radical (unpaired) electrons. The molecular weight excluding hydrogens is 420 g/mol. The number of rotatable bonds is 9. The van der Waals surface area contributed by atoms with Crippen LogP contribution in [-0.4, -0.2) is 38.0 Å². The summed E-state index contributed by atoms with van der Waals surface area (Å²) in [4.78, 5) is 6.90. The highest BCUT2D eigenvalue weighted by atomic mass is 32.2. The van der Waals surface area contributed by atoms with Gasteiger partial charge in [-0.3, -0.25) is 0 Å². The molecule has 32 heavy (non-hydrogen) atoms.